The third kappa shape index (κ3) is 3.53. The summed E-state index contributed by atoms with van der Waals surface area (Å²) in [5, 5.41) is 0.669. The number of halogens is 1. The summed E-state index contributed by atoms with van der Waals surface area (Å²) in [5.74, 6) is 0.162. The van der Waals surface area contributed by atoms with Crippen LogP contribution in [0.1, 0.15) is 30.0 Å². The Morgan fingerprint density at radius 3 is 2.72 bits per heavy atom. The number of benzene rings is 1. The molecule has 0 fully saturated rings. The van der Waals surface area contributed by atoms with Crippen molar-refractivity contribution in [3.63, 3.8) is 0 Å². The molecule has 0 unspecified atom stereocenters. The van der Waals surface area contributed by atoms with Crippen LogP contribution in [0.3, 0.4) is 0 Å². The molecule has 0 atom stereocenters. The molecule has 25 heavy (non-hydrogen) atoms. The predicted octanol–water partition coefficient (Wildman–Crippen LogP) is 3.02. The van der Waals surface area contributed by atoms with Gasteiger partial charge in [0.05, 0.1) is 23.0 Å². The zero-order chi connectivity index (χ0) is 18.0. The van der Waals surface area contributed by atoms with Gasteiger partial charge in [-0.1, -0.05) is 23.7 Å². The van der Waals surface area contributed by atoms with E-state index >= 15 is 0 Å². The monoisotopic (exact) mass is 356 g/mol. The molecule has 0 saturated carbocycles. The Labute approximate surface area is 149 Å². The lowest BCUT2D eigenvalue weighted by atomic mass is 10.2. The summed E-state index contributed by atoms with van der Waals surface area (Å²) in [6.07, 6.45) is 1.53. The van der Waals surface area contributed by atoms with E-state index in [-0.39, 0.29) is 29.2 Å². The molecule has 2 heterocycles. The van der Waals surface area contributed by atoms with E-state index in [1.807, 2.05) is 19.9 Å². The van der Waals surface area contributed by atoms with Gasteiger partial charge >= 0.3 is 0 Å². The van der Waals surface area contributed by atoms with Crippen LogP contribution in [0, 0.1) is 0 Å². The molecule has 0 radical (unpaired) electrons. The smallest absolute Gasteiger partial charge is 0.258 e. The topological polar surface area (TPSA) is 79.0 Å². The standard InChI is InChI=1S/C18H17ClN4O2/c1-11(2)23(18(25)13-7-5-9-20-16(13)19)10-15-21-14-8-4-3-6-12(14)17(24)22-15/h3-9,11H,10H2,1-2H3,(H,21,22,24). The summed E-state index contributed by atoms with van der Waals surface area (Å²) in [7, 11) is 0. The van der Waals surface area contributed by atoms with Gasteiger partial charge in [-0.05, 0) is 38.1 Å². The number of amides is 1. The third-order valence-electron chi connectivity index (χ3n) is 3.86. The van der Waals surface area contributed by atoms with Gasteiger partial charge in [-0.25, -0.2) is 9.97 Å². The lowest BCUT2D eigenvalue weighted by Crippen LogP contribution is -2.37. The van der Waals surface area contributed by atoms with Crippen molar-refractivity contribution < 1.29 is 4.79 Å². The van der Waals surface area contributed by atoms with E-state index in [1.54, 1.807) is 35.2 Å². The van der Waals surface area contributed by atoms with Crippen LogP contribution in [-0.4, -0.2) is 31.8 Å². The highest BCUT2D eigenvalue weighted by Crippen LogP contribution is 2.17. The van der Waals surface area contributed by atoms with E-state index in [0.717, 1.165) is 0 Å². The minimum Gasteiger partial charge on any atom is -0.329 e. The average molecular weight is 357 g/mol. The maximum Gasteiger partial charge on any atom is 0.258 e. The number of carbonyl (C=O) groups excluding carboxylic acids is 1. The molecular formula is C18H17ClN4O2. The molecule has 1 amide bonds. The van der Waals surface area contributed by atoms with Crippen LogP contribution >= 0.6 is 11.6 Å². The second-order valence-corrected chi connectivity index (χ2v) is 6.26. The fourth-order valence-corrected chi connectivity index (χ4v) is 2.76. The Balaban J connectivity index is 1.97. The SMILES string of the molecule is CC(C)N(Cc1nc2ccccc2c(=O)[nH]1)C(=O)c1cccnc1Cl. The average Bonchev–Trinajstić information content (AvgIpc) is 2.59. The van der Waals surface area contributed by atoms with Gasteiger partial charge < -0.3 is 9.88 Å². The molecule has 0 bridgehead atoms. The van der Waals surface area contributed by atoms with Crippen molar-refractivity contribution in [1.29, 1.82) is 0 Å². The Morgan fingerprint density at radius 1 is 1.24 bits per heavy atom. The highest BCUT2D eigenvalue weighted by molar-refractivity contribution is 6.32. The molecule has 0 aliphatic heterocycles. The number of aromatic nitrogens is 3. The van der Waals surface area contributed by atoms with Gasteiger partial charge in [-0.2, -0.15) is 0 Å². The number of pyridine rings is 1. The van der Waals surface area contributed by atoms with E-state index in [0.29, 0.717) is 22.3 Å². The van der Waals surface area contributed by atoms with E-state index in [9.17, 15) is 9.59 Å². The summed E-state index contributed by atoms with van der Waals surface area (Å²) in [6, 6.07) is 10.3. The number of rotatable bonds is 4. The van der Waals surface area contributed by atoms with Crippen LogP contribution < -0.4 is 5.56 Å². The van der Waals surface area contributed by atoms with E-state index in [4.69, 9.17) is 11.6 Å². The number of fused-ring (bicyclic) bond motifs is 1. The lowest BCUT2D eigenvalue weighted by Gasteiger charge is -2.26. The molecule has 6 nitrogen and oxygen atoms in total. The summed E-state index contributed by atoms with van der Waals surface area (Å²) in [6.45, 7) is 3.95. The van der Waals surface area contributed by atoms with Crippen LogP contribution in [0.5, 0.6) is 0 Å². The van der Waals surface area contributed by atoms with Gasteiger partial charge in [0.2, 0.25) is 0 Å². The molecule has 1 N–H and O–H groups in total. The van der Waals surface area contributed by atoms with Gasteiger partial charge in [0.1, 0.15) is 11.0 Å². The number of H-pyrrole nitrogens is 1. The number of nitrogens with one attached hydrogen (secondary N) is 1. The van der Waals surface area contributed by atoms with Crippen molar-refractivity contribution in [3.8, 4) is 0 Å². The number of aromatic amines is 1. The van der Waals surface area contributed by atoms with Gasteiger partial charge in [-0.3, -0.25) is 9.59 Å². The van der Waals surface area contributed by atoms with Crippen molar-refractivity contribution in [1.82, 2.24) is 19.9 Å². The zero-order valence-corrected chi connectivity index (χ0v) is 14.6. The Hall–Kier alpha value is -2.73. The first-order chi connectivity index (χ1) is 12.0. The fourth-order valence-electron chi connectivity index (χ4n) is 2.56. The normalized spacial score (nSPS) is 11.0. The Morgan fingerprint density at radius 2 is 2.00 bits per heavy atom. The maximum absolute atomic E-state index is 12.8. The molecule has 1 aromatic carbocycles. The summed E-state index contributed by atoms with van der Waals surface area (Å²) in [5.41, 5.74) is 0.689. The van der Waals surface area contributed by atoms with Crippen molar-refractivity contribution in [3.05, 3.63) is 69.5 Å². The van der Waals surface area contributed by atoms with Gasteiger partial charge in [0, 0.05) is 12.2 Å². The second-order valence-electron chi connectivity index (χ2n) is 5.90. The van der Waals surface area contributed by atoms with Crippen molar-refractivity contribution >= 4 is 28.4 Å². The number of carbonyl (C=O) groups is 1. The van der Waals surface area contributed by atoms with Crippen molar-refractivity contribution in [2.75, 3.05) is 0 Å². The van der Waals surface area contributed by atoms with Crippen LogP contribution in [-0.2, 0) is 6.54 Å². The predicted molar refractivity (Wildman–Crippen MR) is 96.6 cm³/mol. The van der Waals surface area contributed by atoms with Crippen LogP contribution in [0.25, 0.3) is 10.9 Å². The highest BCUT2D eigenvalue weighted by Gasteiger charge is 2.22. The third-order valence-corrected chi connectivity index (χ3v) is 4.16. The van der Waals surface area contributed by atoms with E-state index in [2.05, 4.69) is 15.0 Å². The molecule has 2 aromatic heterocycles. The number of para-hydroxylation sites is 1. The lowest BCUT2D eigenvalue weighted by molar-refractivity contribution is 0.0685. The van der Waals surface area contributed by atoms with Crippen molar-refractivity contribution in [2.24, 2.45) is 0 Å². The van der Waals surface area contributed by atoms with Crippen molar-refractivity contribution in [2.45, 2.75) is 26.4 Å². The Kier molecular flexibility index (Phi) is 4.81. The number of hydrogen-bond donors (Lipinski definition) is 1. The minimum absolute atomic E-state index is 0.111. The molecule has 0 saturated heterocycles. The van der Waals surface area contributed by atoms with Crippen LogP contribution in [0.2, 0.25) is 5.15 Å². The summed E-state index contributed by atoms with van der Waals surface area (Å²) < 4.78 is 0. The van der Waals surface area contributed by atoms with Crippen LogP contribution in [0.15, 0.2) is 47.4 Å². The first-order valence-electron chi connectivity index (χ1n) is 7.87. The quantitative estimate of drug-likeness (QED) is 0.729. The molecule has 3 aromatic rings. The summed E-state index contributed by atoms with van der Waals surface area (Å²) in [4.78, 5) is 37.8. The number of nitrogens with zero attached hydrogens (tertiary/aromatic N) is 3. The molecular weight excluding hydrogens is 340 g/mol. The number of hydrogen-bond acceptors (Lipinski definition) is 4. The van der Waals surface area contributed by atoms with Gasteiger partial charge in [0.15, 0.2) is 0 Å². The molecule has 128 valence electrons. The Bertz CT molecular complexity index is 984. The molecule has 7 heteroatoms. The largest absolute Gasteiger partial charge is 0.329 e. The molecule has 0 spiro atoms. The molecule has 0 aliphatic rings. The first-order valence-corrected chi connectivity index (χ1v) is 8.24. The van der Waals surface area contributed by atoms with E-state index in [1.165, 1.54) is 6.20 Å². The summed E-state index contributed by atoms with van der Waals surface area (Å²) >= 11 is 6.04. The van der Waals surface area contributed by atoms with E-state index < -0.39 is 0 Å². The highest BCUT2D eigenvalue weighted by atomic mass is 35.5. The van der Waals surface area contributed by atoms with Crippen LogP contribution in [0.4, 0.5) is 0 Å². The maximum atomic E-state index is 12.8. The minimum atomic E-state index is -0.260. The molecule has 0 aliphatic carbocycles. The van der Waals surface area contributed by atoms with Gasteiger partial charge in [-0.15, -0.1) is 0 Å². The zero-order valence-electron chi connectivity index (χ0n) is 13.9. The fraction of sp³-hybridized carbons (Fsp3) is 0.222. The first kappa shape index (κ1) is 17.1. The molecule has 3 rings (SSSR count). The second kappa shape index (κ2) is 7.03. The van der Waals surface area contributed by atoms with Gasteiger partial charge in [0.25, 0.3) is 11.5 Å².